The Labute approximate surface area is 161 Å². The van der Waals surface area contributed by atoms with Gasteiger partial charge in [0.1, 0.15) is 5.76 Å². The molecule has 0 unspecified atom stereocenters. The van der Waals surface area contributed by atoms with Crippen molar-refractivity contribution in [3.8, 4) is 16.9 Å². The van der Waals surface area contributed by atoms with E-state index in [2.05, 4.69) is 10.4 Å². The number of halogens is 1. The second-order valence-corrected chi connectivity index (χ2v) is 6.31. The third kappa shape index (κ3) is 3.50. The molecule has 2 heterocycles. The van der Waals surface area contributed by atoms with E-state index < -0.39 is 0 Å². The number of carbonyl (C=O) groups is 1. The fraction of sp³-hybridized carbons (Fsp3) is 0.0476. The molecule has 0 bridgehead atoms. The van der Waals surface area contributed by atoms with E-state index in [1.54, 1.807) is 29.3 Å². The predicted octanol–water partition coefficient (Wildman–Crippen LogP) is 4.72. The van der Waals surface area contributed by atoms with Crippen LogP contribution in [0.1, 0.15) is 16.1 Å². The minimum atomic E-state index is -0.233. The Bertz CT molecular complexity index is 1060. The number of amides is 1. The SMILES string of the molecule is O=C(NCc1ccco1)c1cnn(-c2ccccc2Cl)c1-c1ccccc1. The lowest BCUT2D eigenvalue weighted by atomic mass is 10.1. The van der Waals surface area contributed by atoms with Crippen molar-refractivity contribution in [3.63, 3.8) is 0 Å². The van der Waals surface area contributed by atoms with Crippen LogP contribution >= 0.6 is 11.6 Å². The first kappa shape index (κ1) is 17.1. The molecule has 0 saturated carbocycles. The highest BCUT2D eigenvalue weighted by Crippen LogP contribution is 2.29. The third-order valence-electron chi connectivity index (χ3n) is 4.14. The van der Waals surface area contributed by atoms with E-state index in [9.17, 15) is 4.79 Å². The summed E-state index contributed by atoms with van der Waals surface area (Å²) in [6.45, 7) is 0.303. The molecule has 0 spiro atoms. The highest BCUT2D eigenvalue weighted by atomic mass is 35.5. The predicted molar refractivity (Wildman–Crippen MR) is 104 cm³/mol. The van der Waals surface area contributed by atoms with Crippen LogP contribution in [0.15, 0.2) is 83.6 Å². The van der Waals surface area contributed by atoms with Gasteiger partial charge in [-0.2, -0.15) is 5.10 Å². The zero-order valence-corrected chi connectivity index (χ0v) is 15.1. The van der Waals surface area contributed by atoms with E-state index in [-0.39, 0.29) is 5.91 Å². The van der Waals surface area contributed by atoms with Gasteiger partial charge in [0.25, 0.3) is 5.91 Å². The number of hydrogen-bond acceptors (Lipinski definition) is 3. The number of nitrogens with zero attached hydrogens (tertiary/aromatic N) is 2. The van der Waals surface area contributed by atoms with E-state index in [0.29, 0.717) is 34.3 Å². The number of aromatic nitrogens is 2. The van der Waals surface area contributed by atoms with Crippen LogP contribution in [0.25, 0.3) is 16.9 Å². The molecule has 4 rings (SSSR count). The van der Waals surface area contributed by atoms with Crippen LogP contribution in [-0.4, -0.2) is 15.7 Å². The summed E-state index contributed by atoms with van der Waals surface area (Å²) in [5.74, 6) is 0.451. The van der Waals surface area contributed by atoms with Crippen LogP contribution in [0.4, 0.5) is 0 Å². The number of nitrogens with one attached hydrogen (secondary N) is 1. The number of rotatable bonds is 5. The Morgan fingerprint density at radius 2 is 1.81 bits per heavy atom. The average Bonchev–Trinajstić information content (AvgIpc) is 3.37. The lowest BCUT2D eigenvalue weighted by Gasteiger charge is -2.11. The van der Waals surface area contributed by atoms with Gasteiger partial charge in [-0.3, -0.25) is 4.79 Å². The van der Waals surface area contributed by atoms with Crippen molar-refractivity contribution < 1.29 is 9.21 Å². The second-order valence-electron chi connectivity index (χ2n) is 5.90. The molecule has 0 aliphatic carbocycles. The molecule has 1 amide bonds. The van der Waals surface area contributed by atoms with Crippen LogP contribution in [-0.2, 0) is 6.54 Å². The number of benzene rings is 2. The Hall–Kier alpha value is -3.31. The summed E-state index contributed by atoms with van der Waals surface area (Å²) in [5, 5.41) is 7.87. The van der Waals surface area contributed by atoms with E-state index >= 15 is 0 Å². The van der Waals surface area contributed by atoms with Crippen molar-refractivity contribution in [3.05, 3.63) is 95.5 Å². The molecule has 0 aliphatic rings. The Kier molecular flexibility index (Phi) is 4.77. The van der Waals surface area contributed by atoms with Crippen molar-refractivity contribution in [1.29, 1.82) is 0 Å². The minimum absolute atomic E-state index is 0.233. The highest BCUT2D eigenvalue weighted by Gasteiger charge is 2.21. The highest BCUT2D eigenvalue weighted by molar-refractivity contribution is 6.32. The van der Waals surface area contributed by atoms with Gasteiger partial charge in [0, 0.05) is 5.56 Å². The van der Waals surface area contributed by atoms with E-state index in [0.717, 1.165) is 5.56 Å². The van der Waals surface area contributed by atoms with Gasteiger partial charge < -0.3 is 9.73 Å². The van der Waals surface area contributed by atoms with E-state index in [1.165, 1.54) is 0 Å². The Morgan fingerprint density at radius 3 is 2.56 bits per heavy atom. The first-order valence-corrected chi connectivity index (χ1v) is 8.81. The van der Waals surface area contributed by atoms with Crippen LogP contribution in [0.2, 0.25) is 5.02 Å². The van der Waals surface area contributed by atoms with Crippen LogP contribution in [0.5, 0.6) is 0 Å². The lowest BCUT2D eigenvalue weighted by Crippen LogP contribution is -2.23. The Morgan fingerprint density at radius 1 is 1.04 bits per heavy atom. The zero-order chi connectivity index (χ0) is 18.6. The van der Waals surface area contributed by atoms with Crippen molar-refractivity contribution in [2.24, 2.45) is 0 Å². The molecular weight excluding hydrogens is 362 g/mol. The first-order valence-electron chi connectivity index (χ1n) is 8.43. The molecule has 5 nitrogen and oxygen atoms in total. The molecule has 134 valence electrons. The van der Waals surface area contributed by atoms with Gasteiger partial charge in [0.2, 0.25) is 0 Å². The third-order valence-corrected chi connectivity index (χ3v) is 4.46. The monoisotopic (exact) mass is 377 g/mol. The first-order chi connectivity index (χ1) is 13.2. The van der Waals surface area contributed by atoms with Crippen molar-refractivity contribution in [1.82, 2.24) is 15.1 Å². The molecule has 0 radical (unpaired) electrons. The lowest BCUT2D eigenvalue weighted by molar-refractivity contribution is 0.0948. The fourth-order valence-corrected chi connectivity index (χ4v) is 3.09. The van der Waals surface area contributed by atoms with Crippen LogP contribution in [0.3, 0.4) is 0 Å². The van der Waals surface area contributed by atoms with Crippen molar-refractivity contribution in [2.75, 3.05) is 0 Å². The second kappa shape index (κ2) is 7.51. The van der Waals surface area contributed by atoms with Gasteiger partial charge in [-0.25, -0.2) is 4.68 Å². The molecule has 6 heteroatoms. The molecule has 1 N–H and O–H groups in total. The van der Waals surface area contributed by atoms with E-state index in [1.807, 2.05) is 54.6 Å². The van der Waals surface area contributed by atoms with Gasteiger partial charge in [-0.05, 0) is 24.3 Å². The van der Waals surface area contributed by atoms with Crippen LogP contribution < -0.4 is 5.32 Å². The smallest absolute Gasteiger partial charge is 0.255 e. The maximum atomic E-state index is 12.8. The van der Waals surface area contributed by atoms with Gasteiger partial charge >= 0.3 is 0 Å². The summed E-state index contributed by atoms with van der Waals surface area (Å²) >= 11 is 6.36. The molecule has 0 saturated heterocycles. The summed E-state index contributed by atoms with van der Waals surface area (Å²) in [7, 11) is 0. The van der Waals surface area contributed by atoms with Gasteiger partial charge in [-0.15, -0.1) is 0 Å². The normalized spacial score (nSPS) is 10.7. The molecule has 27 heavy (non-hydrogen) atoms. The van der Waals surface area contributed by atoms with Crippen molar-refractivity contribution >= 4 is 17.5 Å². The largest absolute Gasteiger partial charge is 0.467 e. The molecule has 0 aliphatic heterocycles. The zero-order valence-electron chi connectivity index (χ0n) is 14.3. The summed E-state index contributed by atoms with van der Waals surface area (Å²) in [6, 6.07) is 20.6. The van der Waals surface area contributed by atoms with Crippen molar-refractivity contribution in [2.45, 2.75) is 6.54 Å². The standard InChI is InChI=1S/C21H16ClN3O2/c22-18-10-4-5-11-19(18)25-20(15-7-2-1-3-8-15)17(14-24-25)21(26)23-13-16-9-6-12-27-16/h1-12,14H,13H2,(H,23,26). The van der Waals surface area contributed by atoms with E-state index in [4.69, 9.17) is 16.0 Å². The minimum Gasteiger partial charge on any atom is -0.467 e. The number of hydrogen-bond donors (Lipinski definition) is 1. The summed E-state index contributed by atoms with van der Waals surface area (Å²) in [5.41, 5.74) is 2.73. The molecule has 2 aromatic carbocycles. The average molecular weight is 378 g/mol. The molecule has 2 aromatic heterocycles. The number of para-hydroxylation sites is 1. The maximum Gasteiger partial charge on any atom is 0.255 e. The summed E-state index contributed by atoms with van der Waals surface area (Å²) in [4.78, 5) is 12.8. The number of carbonyl (C=O) groups excluding carboxylic acids is 1. The quantitative estimate of drug-likeness (QED) is 0.547. The molecule has 0 atom stereocenters. The fourth-order valence-electron chi connectivity index (χ4n) is 2.87. The molecule has 0 fully saturated rings. The van der Waals surface area contributed by atoms with Gasteiger partial charge in [-0.1, -0.05) is 54.1 Å². The maximum absolute atomic E-state index is 12.8. The summed E-state index contributed by atoms with van der Waals surface area (Å²) < 4.78 is 6.97. The van der Waals surface area contributed by atoms with Crippen LogP contribution in [0, 0.1) is 0 Å². The number of furan rings is 1. The summed E-state index contributed by atoms with van der Waals surface area (Å²) in [6.07, 6.45) is 3.13. The topological polar surface area (TPSA) is 60.1 Å². The molecular formula is C21H16ClN3O2. The Balaban J connectivity index is 1.76. The van der Waals surface area contributed by atoms with Gasteiger partial charge in [0.15, 0.2) is 0 Å². The van der Waals surface area contributed by atoms with Gasteiger partial charge in [0.05, 0.1) is 41.0 Å². The molecule has 4 aromatic rings.